The molecule has 0 spiro atoms. The van der Waals surface area contributed by atoms with Gasteiger partial charge in [-0.2, -0.15) is 0 Å². The van der Waals surface area contributed by atoms with Crippen LogP contribution in [0.5, 0.6) is 5.75 Å². The second-order valence-corrected chi connectivity index (χ2v) is 13.7. The number of aromatic amines is 1. The fraction of sp³-hybridized carbons (Fsp3) is 0.250. The summed E-state index contributed by atoms with van der Waals surface area (Å²) in [4.78, 5) is 38.7. The van der Waals surface area contributed by atoms with Gasteiger partial charge in [0.05, 0.1) is 45.9 Å². The second-order valence-electron chi connectivity index (χ2n) is 12.6. The Hall–Kier alpha value is -5.50. The third kappa shape index (κ3) is 5.04. The summed E-state index contributed by atoms with van der Waals surface area (Å²) in [7, 11) is 0. The lowest BCUT2D eigenvalue weighted by atomic mass is 9.93. The van der Waals surface area contributed by atoms with Gasteiger partial charge in [0.2, 0.25) is 0 Å². The zero-order chi connectivity index (χ0) is 34.1. The molecular weight excluding hydrogens is 669 g/mol. The van der Waals surface area contributed by atoms with E-state index in [1.807, 2.05) is 17.0 Å². The molecule has 0 radical (unpaired) electrons. The van der Waals surface area contributed by atoms with Gasteiger partial charge in [-0.15, -0.1) is 16.4 Å². The number of carbonyl (C=O) groups excluding carboxylic acids is 1. The van der Waals surface area contributed by atoms with E-state index in [1.165, 1.54) is 29.5 Å². The topological polar surface area (TPSA) is 126 Å². The fourth-order valence-corrected chi connectivity index (χ4v) is 8.55. The van der Waals surface area contributed by atoms with Crippen LogP contribution in [0.4, 0.5) is 19.0 Å². The third-order valence-electron chi connectivity index (χ3n) is 9.62. The molecule has 7 heterocycles. The molecule has 14 heteroatoms. The van der Waals surface area contributed by atoms with E-state index in [-0.39, 0.29) is 36.0 Å². The van der Waals surface area contributed by atoms with Gasteiger partial charge in [0.25, 0.3) is 11.8 Å². The molecule has 0 unspecified atom stereocenters. The Balaban J connectivity index is 1.21. The van der Waals surface area contributed by atoms with E-state index in [4.69, 9.17) is 14.1 Å². The first-order chi connectivity index (χ1) is 24.3. The average Bonchev–Trinajstić information content (AvgIpc) is 3.91. The maximum Gasteiger partial charge on any atom is 0.434 e. The number of ether oxygens (including phenoxy) is 1. The number of fused-ring (bicyclic) bond motifs is 5. The molecule has 50 heavy (non-hydrogen) atoms. The molecule has 2 aromatic carbocycles. The number of aryl methyl sites for hydroxylation is 2. The van der Waals surface area contributed by atoms with Gasteiger partial charge in [0.15, 0.2) is 11.6 Å². The van der Waals surface area contributed by atoms with Crippen molar-refractivity contribution >= 4 is 33.1 Å². The fourth-order valence-electron chi connectivity index (χ4n) is 7.39. The van der Waals surface area contributed by atoms with Gasteiger partial charge in [-0.25, -0.2) is 28.0 Å². The molecule has 0 saturated carbocycles. The van der Waals surface area contributed by atoms with Crippen LogP contribution in [0.3, 0.4) is 0 Å². The maximum atomic E-state index is 14.6. The summed E-state index contributed by atoms with van der Waals surface area (Å²) in [5.41, 5.74) is 3.96. The SMILES string of the molecule is O=C1c2c(nc(CCc3ccc(F)cc3)c(-c3n[nH]c(=O)o3)c2-c2cc3ccnc(N[C@@H]4CCOc5c(F)cc(F)cc54)c3s2)[C@@H]2CCCN12. The molecule has 1 amide bonds. The highest BCUT2D eigenvalue weighted by Crippen LogP contribution is 2.50. The van der Waals surface area contributed by atoms with Crippen LogP contribution >= 0.6 is 11.3 Å². The van der Waals surface area contributed by atoms with Gasteiger partial charge in [0.1, 0.15) is 17.5 Å². The lowest BCUT2D eigenvalue weighted by Gasteiger charge is -2.27. The van der Waals surface area contributed by atoms with Crippen molar-refractivity contribution in [3.05, 3.63) is 111 Å². The summed E-state index contributed by atoms with van der Waals surface area (Å²) in [5, 5.41) is 10.8. The number of halogens is 3. The largest absolute Gasteiger partial charge is 0.490 e. The number of carbonyl (C=O) groups is 1. The second kappa shape index (κ2) is 11.8. The zero-order valence-corrected chi connectivity index (χ0v) is 27.1. The standard InChI is InChI=1S/C36H27F3N6O4S/c37-19-6-3-17(4-7-19)5-8-24-27(34-43-44-36(47)49-34)28(29-30(41-24)25-2-1-12-45(25)35(29)46)26-14-18-9-11-40-33(32(18)50-26)42-23-10-13-48-31-21(23)15-20(38)16-22(31)39/h3-4,6-7,9,11,14-16,23,25H,1-2,5,8,10,12-13H2,(H,40,42)(H,44,47)/t23-,25+/m1/s1. The normalized spacial score (nSPS) is 17.9. The molecular formula is C36H27F3N6O4S. The van der Waals surface area contributed by atoms with E-state index >= 15 is 0 Å². The highest BCUT2D eigenvalue weighted by molar-refractivity contribution is 7.23. The molecule has 252 valence electrons. The number of rotatable bonds is 7. The Labute approximate surface area is 285 Å². The van der Waals surface area contributed by atoms with Crippen LogP contribution in [0.15, 0.2) is 63.9 Å². The number of thiophene rings is 1. The molecule has 3 aliphatic rings. The number of hydrogen-bond donors (Lipinski definition) is 2. The number of pyridine rings is 2. The summed E-state index contributed by atoms with van der Waals surface area (Å²) >= 11 is 1.39. The van der Waals surface area contributed by atoms with Crippen LogP contribution in [0, 0.1) is 17.5 Å². The number of amides is 1. The molecule has 0 bridgehead atoms. The van der Waals surface area contributed by atoms with E-state index < -0.39 is 23.4 Å². The predicted molar refractivity (Wildman–Crippen MR) is 179 cm³/mol. The van der Waals surface area contributed by atoms with E-state index in [0.717, 1.165) is 34.6 Å². The van der Waals surface area contributed by atoms with Crippen molar-refractivity contribution in [2.24, 2.45) is 0 Å². The Morgan fingerprint density at radius 1 is 0.980 bits per heavy atom. The van der Waals surface area contributed by atoms with Gasteiger partial charge in [-0.05, 0) is 67.0 Å². The maximum absolute atomic E-state index is 14.6. The van der Waals surface area contributed by atoms with Gasteiger partial charge in [-0.3, -0.25) is 9.78 Å². The van der Waals surface area contributed by atoms with Crippen molar-refractivity contribution < 1.29 is 27.1 Å². The van der Waals surface area contributed by atoms with Gasteiger partial charge in [0, 0.05) is 41.2 Å². The Morgan fingerprint density at radius 3 is 2.66 bits per heavy atom. The molecule has 2 N–H and O–H groups in total. The number of anilines is 1. The molecule has 4 aromatic heterocycles. The average molecular weight is 697 g/mol. The van der Waals surface area contributed by atoms with Crippen LogP contribution in [-0.4, -0.2) is 44.1 Å². The molecule has 1 fully saturated rings. The smallest absolute Gasteiger partial charge is 0.434 e. The van der Waals surface area contributed by atoms with Crippen LogP contribution in [-0.2, 0) is 12.8 Å². The lowest BCUT2D eigenvalue weighted by molar-refractivity contribution is 0.0776. The predicted octanol–water partition coefficient (Wildman–Crippen LogP) is 7.13. The summed E-state index contributed by atoms with van der Waals surface area (Å²) in [6.07, 6.45) is 4.64. The number of aromatic nitrogens is 4. The first-order valence-electron chi connectivity index (χ1n) is 16.3. The molecule has 9 rings (SSSR count). The van der Waals surface area contributed by atoms with Gasteiger partial charge in [-0.1, -0.05) is 12.1 Å². The first kappa shape index (κ1) is 30.6. The summed E-state index contributed by atoms with van der Waals surface area (Å²) < 4.78 is 54.4. The highest BCUT2D eigenvalue weighted by Gasteiger charge is 2.45. The number of nitrogens with zero attached hydrogens (tertiary/aromatic N) is 4. The molecule has 0 aliphatic carbocycles. The zero-order valence-electron chi connectivity index (χ0n) is 26.3. The van der Waals surface area contributed by atoms with E-state index in [9.17, 15) is 22.8 Å². The molecule has 10 nitrogen and oxygen atoms in total. The van der Waals surface area contributed by atoms with Crippen LogP contribution in [0.25, 0.3) is 32.0 Å². The Bertz CT molecular complexity index is 2390. The number of hydrogen-bond acceptors (Lipinski definition) is 9. The summed E-state index contributed by atoms with van der Waals surface area (Å²) in [5.74, 6) is -2.18. The summed E-state index contributed by atoms with van der Waals surface area (Å²) in [6, 6.07) is 11.5. The van der Waals surface area contributed by atoms with Crippen LogP contribution in [0.1, 0.15) is 64.2 Å². The Kier molecular flexibility index (Phi) is 7.23. The van der Waals surface area contributed by atoms with Gasteiger partial charge < -0.3 is 19.4 Å². The number of nitrogens with one attached hydrogen (secondary N) is 2. The number of H-pyrrole nitrogens is 1. The van der Waals surface area contributed by atoms with Crippen LogP contribution in [0.2, 0.25) is 0 Å². The van der Waals surface area contributed by atoms with Gasteiger partial charge >= 0.3 is 5.76 Å². The number of benzene rings is 2. The minimum Gasteiger partial charge on any atom is -0.490 e. The van der Waals surface area contributed by atoms with Crippen molar-refractivity contribution in [3.8, 4) is 27.6 Å². The van der Waals surface area contributed by atoms with Crippen LogP contribution < -0.4 is 15.8 Å². The molecule has 1 saturated heterocycles. The van der Waals surface area contributed by atoms with Crippen molar-refractivity contribution in [3.63, 3.8) is 0 Å². The Morgan fingerprint density at radius 2 is 1.84 bits per heavy atom. The molecule has 3 aliphatic heterocycles. The monoisotopic (exact) mass is 696 g/mol. The first-order valence-corrected chi connectivity index (χ1v) is 17.1. The van der Waals surface area contributed by atoms with Crippen molar-refractivity contribution in [2.45, 2.75) is 44.2 Å². The highest BCUT2D eigenvalue weighted by atomic mass is 32.1. The van der Waals surface area contributed by atoms with E-state index in [2.05, 4.69) is 20.5 Å². The van der Waals surface area contributed by atoms with Crippen molar-refractivity contribution in [1.82, 2.24) is 25.1 Å². The summed E-state index contributed by atoms with van der Waals surface area (Å²) in [6.45, 7) is 0.843. The van der Waals surface area contributed by atoms with Crippen molar-refractivity contribution in [2.75, 3.05) is 18.5 Å². The minimum atomic E-state index is -0.763. The minimum absolute atomic E-state index is 0.00561. The van der Waals surface area contributed by atoms with E-state index in [0.29, 0.717) is 70.1 Å². The quantitative estimate of drug-likeness (QED) is 0.181. The molecule has 6 aromatic rings. The lowest BCUT2D eigenvalue weighted by Crippen LogP contribution is -2.22. The third-order valence-corrected chi connectivity index (χ3v) is 10.8. The molecule has 2 atom stereocenters. The van der Waals surface area contributed by atoms with E-state index in [1.54, 1.807) is 18.3 Å². The van der Waals surface area contributed by atoms with Crippen molar-refractivity contribution in [1.29, 1.82) is 0 Å².